The second-order valence-electron chi connectivity index (χ2n) is 15.9. The van der Waals surface area contributed by atoms with Crippen molar-refractivity contribution in [2.24, 2.45) is 0 Å². The first-order valence-electron chi connectivity index (χ1n) is 20.7. The van der Waals surface area contributed by atoms with Crippen LogP contribution in [0.2, 0.25) is 0 Å². The van der Waals surface area contributed by atoms with Gasteiger partial charge in [0.2, 0.25) is 5.95 Å². The molecule has 5 heterocycles. The van der Waals surface area contributed by atoms with E-state index in [9.17, 15) is 0 Å². The molecule has 288 valence electrons. The second kappa shape index (κ2) is 12.7. The van der Waals surface area contributed by atoms with E-state index < -0.39 is 0 Å². The van der Waals surface area contributed by atoms with E-state index in [4.69, 9.17) is 23.8 Å². The Bertz CT molecular complexity index is 4060. The quantitative estimate of drug-likeness (QED) is 0.177. The van der Waals surface area contributed by atoms with Gasteiger partial charge < -0.3 is 8.83 Å². The first-order valence-corrected chi connectivity index (χ1v) is 21.5. The van der Waals surface area contributed by atoms with E-state index in [0.717, 1.165) is 98.7 Å². The van der Waals surface area contributed by atoms with Crippen LogP contribution in [0.3, 0.4) is 0 Å². The lowest BCUT2D eigenvalue weighted by Gasteiger charge is -2.14. The normalized spacial score (nSPS) is 12.2. The highest BCUT2D eigenvalue weighted by Crippen LogP contribution is 2.43. The van der Waals surface area contributed by atoms with E-state index in [1.165, 1.54) is 20.2 Å². The summed E-state index contributed by atoms with van der Waals surface area (Å²) >= 11 is 1.83. The number of thiophene rings is 1. The molecule has 0 fully saturated rings. The summed E-state index contributed by atoms with van der Waals surface area (Å²) < 4.78 is 17.6. The van der Waals surface area contributed by atoms with Crippen LogP contribution in [0, 0.1) is 0 Å². The average molecular weight is 811 g/mol. The number of hydrogen-bond donors (Lipinski definition) is 0. The molecule has 9 aromatic carbocycles. The number of hydrogen-bond acceptors (Lipinski definition) is 6. The number of aromatic nitrogens is 4. The molecule has 5 aromatic heterocycles. The van der Waals surface area contributed by atoms with Gasteiger partial charge in [0.25, 0.3) is 0 Å². The summed E-state index contributed by atoms with van der Waals surface area (Å²) in [5.41, 5.74) is 9.18. The Labute approximate surface area is 356 Å². The highest BCUT2D eigenvalue weighted by Gasteiger charge is 2.23. The largest absolute Gasteiger partial charge is 0.456 e. The van der Waals surface area contributed by atoms with Crippen LogP contribution in [0.25, 0.3) is 136 Å². The van der Waals surface area contributed by atoms with Gasteiger partial charge in [0.1, 0.15) is 22.3 Å². The van der Waals surface area contributed by atoms with Crippen molar-refractivity contribution in [3.63, 3.8) is 0 Å². The predicted molar refractivity (Wildman–Crippen MR) is 255 cm³/mol. The van der Waals surface area contributed by atoms with Crippen LogP contribution in [-0.4, -0.2) is 19.5 Å². The van der Waals surface area contributed by atoms with Crippen LogP contribution in [-0.2, 0) is 0 Å². The Kier molecular flexibility index (Phi) is 6.89. The second-order valence-corrected chi connectivity index (χ2v) is 17.0. The third kappa shape index (κ3) is 4.88. The van der Waals surface area contributed by atoms with Crippen LogP contribution in [0.4, 0.5) is 0 Å². The van der Waals surface area contributed by atoms with Crippen LogP contribution in [0.1, 0.15) is 0 Å². The summed E-state index contributed by atoms with van der Waals surface area (Å²) in [6, 6.07) is 63.9. The molecule has 0 aliphatic rings. The van der Waals surface area contributed by atoms with Crippen molar-refractivity contribution in [1.29, 1.82) is 0 Å². The maximum Gasteiger partial charge on any atom is 0.238 e. The van der Waals surface area contributed by atoms with Gasteiger partial charge in [0, 0.05) is 74.6 Å². The van der Waals surface area contributed by atoms with Gasteiger partial charge in [-0.25, -0.2) is 4.98 Å². The van der Waals surface area contributed by atoms with Gasteiger partial charge in [0.15, 0.2) is 11.6 Å². The third-order valence-corrected chi connectivity index (χ3v) is 13.6. The number of furan rings is 2. The first kappa shape index (κ1) is 33.7. The summed E-state index contributed by atoms with van der Waals surface area (Å²) in [5, 5.41) is 11.3. The zero-order valence-electron chi connectivity index (χ0n) is 32.8. The van der Waals surface area contributed by atoms with E-state index in [-0.39, 0.29) is 0 Å². The molecule has 0 amide bonds. The van der Waals surface area contributed by atoms with Crippen LogP contribution < -0.4 is 0 Å². The molecule has 0 bridgehead atoms. The zero-order valence-corrected chi connectivity index (χ0v) is 33.7. The van der Waals surface area contributed by atoms with E-state index >= 15 is 0 Å². The van der Waals surface area contributed by atoms with E-state index in [1.54, 1.807) is 0 Å². The van der Waals surface area contributed by atoms with Crippen molar-refractivity contribution < 1.29 is 8.83 Å². The summed E-state index contributed by atoms with van der Waals surface area (Å²) in [7, 11) is 0. The van der Waals surface area contributed by atoms with E-state index in [0.29, 0.717) is 17.6 Å². The lowest BCUT2D eigenvalue weighted by molar-refractivity contribution is 0.668. The monoisotopic (exact) mass is 810 g/mol. The fourth-order valence-electron chi connectivity index (χ4n) is 9.61. The molecule has 14 aromatic rings. The predicted octanol–water partition coefficient (Wildman–Crippen LogP) is 15.3. The zero-order chi connectivity index (χ0) is 40.5. The van der Waals surface area contributed by atoms with Gasteiger partial charge >= 0.3 is 0 Å². The molecule has 14 rings (SSSR count). The molecular weight excluding hydrogens is 781 g/mol. The highest BCUT2D eigenvalue weighted by atomic mass is 32.1. The standard InChI is InChI=1S/C55H30N4O2S/c1-2-11-35-31(10-1)20-27-44-43-16-9-15-36(32-21-26-42-41-14-5-8-19-49(41)62-50(42)30-32)52(43)59(51(35)44)55-57-53(33-22-24-39-37-12-3-6-17-45(37)60-47(39)28-33)56-54(58-55)34-23-25-40-38-13-4-7-18-46(38)61-48(40)29-34/h1-30H. The van der Waals surface area contributed by atoms with Crippen molar-refractivity contribution in [2.45, 2.75) is 0 Å². The van der Waals surface area contributed by atoms with Crippen molar-refractivity contribution >= 4 is 108 Å². The SMILES string of the molecule is c1ccc2c(c1)ccc1c3cccc(-c4ccc5c(c4)sc4ccccc45)c3n(-c3nc(-c4ccc5c(c4)oc4ccccc45)nc(-c4ccc5c(c4)oc4ccccc45)n3)c21. The Morgan fingerprint density at radius 3 is 1.61 bits per heavy atom. The number of nitrogens with zero attached hydrogens (tertiary/aromatic N) is 4. The maximum atomic E-state index is 6.40. The van der Waals surface area contributed by atoms with Crippen LogP contribution >= 0.6 is 11.3 Å². The molecule has 62 heavy (non-hydrogen) atoms. The van der Waals surface area contributed by atoms with Gasteiger partial charge in [-0.2, -0.15) is 9.97 Å². The average Bonchev–Trinajstić information content (AvgIpc) is 4.09. The Morgan fingerprint density at radius 2 is 0.887 bits per heavy atom. The van der Waals surface area contributed by atoms with E-state index in [2.05, 4.69) is 138 Å². The Hall–Kier alpha value is -8.13. The Balaban J connectivity index is 1.08. The van der Waals surface area contributed by atoms with E-state index in [1.807, 2.05) is 59.9 Å². The third-order valence-electron chi connectivity index (χ3n) is 12.5. The van der Waals surface area contributed by atoms with Gasteiger partial charge in [-0.3, -0.25) is 4.57 Å². The molecule has 0 aliphatic heterocycles. The fourth-order valence-corrected chi connectivity index (χ4v) is 10.8. The summed E-state index contributed by atoms with van der Waals surface area (Å²) in [4.78, 5) is 16.1. The van der Waals surface area contributed by atoms with Crippen molar-refractivity contribution in [3.8, 4) is 39.9 Å². The highest BCUT2D eigenvalue weighted by molar-refractivity contribution is 7.25. The molecule has 0 unspecified atom stereocenters. The molecule has 0 saturated heterocycles. The fraction of sp³-hybridized carbons (Fsp3) is 0. The topological polar surface area (TPSA) is 69.9 Å². The first-order chi connectivity index (χ1) is 30.7. The molecule has 6 nitrogen and oxygen atoms in total. The minimum absolute atomic E-state index is 0.520. The molecule has 0 aliphatic carbocycles. The van der Waals surface area contributed by atoms with Gasteiger partial charge in [-0.05, 0) is 59.5 Å². The molecule has 0 N–H and O–H groups in total. The van der Waals surface area contributed by atoms with Crippen LogP contribution in [0.15, 0.2) is 191 Å². The van der Waals surface area contributed by atoms with Gasteiger partial charge in [0.05, 0.1) is 11.0 Å². The summed E-state index contributed by atoms with van der Waals surface area (Å²) in [6.45, 7) is 0. The minimum atomic E-state index is 0.520. The minimum Gasteiger partial charge on any atom is -0.456 e. The smallest absolute Gasteiger partial charge is 0.238 e. The Morgan fingerprint density at radius 1 is 0.355 bits per heavy atom. The molecule has 0 atom stereocenters. The molecule has 0 radical (unpaired) electrons. The number of rotatable bonds is 4. The molecule has 0 spiro atoms. The van der Waals surface area contributed by atoms with Gasteiger partial charge in [-0.1, -0.05) is 133 Å². The van der Waals surface area contributed by atoms with Crippen molar-refractivity contribution in [1.82, 2.24) is 19.5 Å². The molecular formula is C55H30N4O2S. The number of benzene rings is 9. The maximum absolute atomic E-state index is 6.40. The molecule has 7 heteroatoms. The van der Waals surface area contributed by atoms with Crippen LogP contribution in [0.5, 0.6) is 0 Å². The van der Waals surface area contributed by atoms with Crippen molar-refractivity contribution in [3.05, 3.63) is 182 Å². The summed E-state index contributed by atoms with van der Waals surface area (Å²) in [6.07, 6.45) is 0. The van der Waals surface area contributed by atoms with Gasteiger partial charge in [-0.15, -0.1) is 11.3 Å². The lowest BCUT2D eigenvalue weighted by atomic mass is 10.00. The number of fused-ring (bicyclic) bond motifs is 14. The number of para-hydroxylation sites is 3. The summed E-state index contributed by atoms with van der Waals surface area (Å²) in [5.74, 6) is 1.60. The lowest BCUT2D eigenvalue weighted by Crippen LogP contribution is -2.07. The molecule has 0 saturated carbocycles. The van der Waals surface area contributed by atoms with Crippen molar-refractivity contribution in [2.75, 3.05) is 0 Å².